The monoisotopic (exact) mass is 578 g/mol. The second-order valence-electron chi connectivity index (χ2n) is 9.94. The van der Waals surface area contributed by atoms with Crippen LogP contribution in [0.4, 0.5) is 0 Å². The first-order valence-electron chi connectivity index (χ1n) is 12.3. The number of aromatic nitrogens is 3. The molecule has 10 nitrogen and oxygen atoms in total. The number of nitrogens with zero attached hydrogens (tertiary/aromatic N) is 4. The van der Waals surface area contributed by atoms with Crippen LogP contribution in [0.2, 0.25) is 0 Å². The van der Waals surface area contributed by atoms with Gasteiger partial charge in [0.2, 0.25) is 17.7 Å². The smallest absolute Gasteiger partial charge is 0.245 e. The predicted molar refractivity (Wildman–Crippen MR) is 139 cm³/mol. The Labute approximate surface area is 222 Å². The molecule has 12 heteroatoms. The molecule has 3 fully saturated rings. The summed E-state index contributed by atoms with van der Waals surface area (Å²) in [6, 6.07) is 6.14. The minimum atomic E-state index is -0.819. The highest BCUT2D eigenvalue weighted by Crippen LogP contribution is 2.68. The molecule has 3 amide bonds. The maximum Gasteiger partial charge on any atom is 0.245 e. The van der Waals surface area contributed by atoms with Crippen LogP contribution in [0, 0.1) is 17.8 Å². The molecule has 8 atom stereocenters. The molecular formula is C24H31BrN6O4S. The highest BCUT2D eigenvalue weighted by molar-refractivity contribution is 9.09. The van der Waals surface area contributed by atoms with Crippen LogP contribution in [-0.4, -0.2) is 83.3 Å². The van der Waals surface area contributed by atoms with E-state index >= 15 is 0 Å². The maximum absolute atomic E-state index is 14.1. The number of fused-ring (bicyclic) bond motifs is 2. The van der Waals surface area contributed by atoms with Crippen molar-refractivity contribution in [3.63, 3.8) is 0 Å². The Balaban J connectivity index is 1.52. The molecule has 36 heavy (non-hydrogen) atoms. The highest BCUT2D eigenvalue weighted by atomic mass is 79.9. The van der Waals surface area contributed by atoms with E-state index in [2.05, 4.69) is 36.9 Å². The summed E-state index contributed by atoms with van der Waals surface area (Å²) in [5.41, 5.74) is 1.51. The third-order valence-electron chi connectivity index (χ3n) is 8.19. The summed E-state index contributed by atoms with van der Waals surface area (Å²) < 4.78 is 0.851. The first-order chi connectivity index (χ1) is 17.3. The second kappa shape index (κ2) is 9.60. The van der Waals surface area contributed by atoms with Gasteiger partial charge in [-0.1, -0.05) is 53.5 Å². The third-order valence-corrected chi connectivity index (χ3v) is 11.4. The Morgan fingerprint density at radius 3 is 2.78 bits per heavy atom. The van der Waals surface area contributed by atoms with E-state index in [-0.39, 0.29) is 47.0 Å². The summed E-state index contributed by atoms with van der Waals surface area (Å²) in [5.74, 6) is -1.90. The average Bonchev–Trinajstić information content (AvgIpc) is 3.60. The molecule has 3 aliphatic rings. The molecule has 3 aliphatic heterocycles. The van der Waals surface area contributed by atoms with Crippen LogP contribution in [-0.2, 0) is 21.1 Å². The summed E-state index contributed by atoms with van der Waals surface area (Å²) in [4.78, 5) is 42.6. The van der Waals surface area contributed by atoms with Gasteiger partial charge in [0, 0.05) is 17.1 Å². The number of likely N-dealkylation sites (tertiary alicyclic amines) is 1. The number of benzene rings is 1. The summed E-state index contributed by atoms with van der Waals surface area (Å²) >= 11 is 5.32. The quantitative estimate of drug-likeness (QED) is 0.400. The molecule has 2 bridgehead atoms. The van der Waals surface area contributed by atoms with Gasteiger partial charge in [0.25, 0.3) is 0 Å². The van der Waals surface area contributed by atoms with Crippen molar-refractivity contribution < 1.29 is 19.5 Å². The molecule has 1 aromatic carbocycles. The van der Waals surface area contributed by atoms with E-state index in [1.165, 1.54) is 0 Å². The number of para-hydroxylation sites is 1. The first kappa shape index (κ1) is 25.5. The molecule has 1 spiro atoms. The number of amides is 3. The second-order valence-corrected chi connectivity index (χ2v) is 12.7. The molecule has 0 aliphatic carbocycles. The van der Waals surface area contributed by atoms with E-state index in [4.69, 9.17) is 0 Å². The molecule has 5 rings (SSSR count). The molecule has 0 saturated carbocycles. The number of carbonyl (C=O) groups excluding carboxylic acids is 3. The lowest BCUT2D eigenvalue weighted by Crippen LogP contribution is -2.58. The average molecular weight is 580 g/mol. The zero-order valence-corrected chi connectivity index (χ0v) is 22.8. The normalized spacial score (nSPS) is 32.5. The molecule has 0 radical (unpaired) electrons. The number of nitrogens with one attached hydrogen (secondary N) is 2. The number of carbonyl (C=O) groups is 3. The van der Waals surface area contributed by atoms with Gasteiger partial charge in [0.15, 0.2) is 0 Å². The molecule has 3 saturated heterocycles. The molecule has 194 valence electrons. The number of hydrogen-bond donors (Lipinski definition) is 3. The summed E-state index contributed by atoms with van der Waals surface area (Å²) in [5, 5.41) is 24.3. The fourth-order valence-corrected chi connectivity index (χ4v) is 9.89. The fraction of sp³-hybridized carbons (Fsp3) is 0.625. The molecule has 3 N–H and O–H groups in total. The number of aliphatic hydroxyl groups excluding tert-OH is 1. The van der Waals surface area contributed by atoms with Crippen LogP contribution < -0.4 is 10.6 Å². The van der Waals surface area contributed by atoms with Crippen molar-refractivity contribution in [2.24, 2.45) is 17.8 Å². The summed E-state index contributed by atoms with van der Waals surface area (Å²) in [6.07, 6.45) is 1.33. The van der Waals surface area contributed by atoms with Gasteiger partial charge in [0.05, 0.1) is 34.7 Å². The van der Waals surface area contributed by atoms with Crippen molar-refractivity contribution in [2.75, 3.05) is 13.7 Å². The number of aliphatic hydroxyl groups is 1. The Hall–Kier alpha value is -2.18. The zero-order chi connectivity index (χ0) is 25.8. The van der Waals surface area contributed by atoms with Gasteiger partial charge >= 0.3 is 0 Å². The number of rotatable bonds is 8. The van der Waals surface area contributed by atoms with E-state index in [0.29, 0.717) is 6.42 Å². The fourth-order valence-electron chi connectivity index (χ4n) is 6.29. The molecule has 1 aromatic heterocycles. The van der Waals surface area contributed by atoms with Gasteiger partial charge in [-0.15, -0.1) is 16.9 Å². The van der Waals surface area contributed by atoms with Gasteiger partial charge in [0.1, 0.15) is 18.2 Å². The molecule has 3 unspecified atom stereocenters. The minimum Gasteiger partial charge on any atom is -0.394 e. The maximum atomic E-state index is 14.1. The molecule has 4 heterocycles. The van der Waals surface area contributed by atoms with Crippen LogP contribution in [0.5, 0.6) is 0 Å². The van der Waals surface area contributed by atoms with Gasteiger partial charge < -0.3 is 20.6 Å². The number of hydrogen-bond acceptors (Lipinski definition) is 7. The minimum absolute atomic E-state index is 0.000431. The Bertz CT molecular complexity index is 1190. The van der Waals surface area contributed by atoms with Crippen molar-refractivity contribution in [1.82, 2.24) is 30.5 Å². The van der Waals surface area contributed by atoms with Crippen molar-refractivity contribution >= 4 is 56.4 Å². The largest absolute Gasteiger partial charge is 0.394 e. The summed E-state index contributed by atoms with van der Waals surface area (Å²) in [7, 11) is 1.58. The number of alkyl halides is 1. The van der Waals surface area contributed by atoms with Crippen LogP contribution in [0.25, 0.3) is 11.0 Å². The Kier molecular flexibility index (Phi) is 6.80. The lowest BCUT2D eigenvalue weighted by molar-refractivity contribution is -0.144. The van der Waals surface area contributed by atoms with E-state index in [1.54, 1.807) is 28.4 Å². The van der Waals surface area contributed by atoms with E-state index < -0.39 is 28.7 Å². The first-order valence-corrected chi connectivity index (χ1v) is 14.1. The van der Waals surface area contributed by atoms with Crippen molar-refractivity contribution in [3.8, 4) is 0 Å². The number of thioether (sulfide) groups is 1. The molecule has 2 aromatic rings. The van der Waals surface area contributed by atoms with Crippen molar-refractivity contribution in [3.05, 3.63) is 24.3 Å². The van der Waals surface area contributed by atoms with E-state index in [9.17, 15) is 19.5 Å². The van der Waals surface area contributed by atoms with Gasteiger partial charge in [-0.05, 0) is 24.5 Å². The van der Waals surface area contributed by atoms with Gasteiger partial charge in [-0.25, -0.2) is 4.68 Å². The Morgan fingerprint density at radius 2 is 2.08 bits per heavy atom. The topological polar surface area (TPSA) is 129 Å². The lowest BCUT2D eigenvalue weighted by Gasteiger charge is -2.39. The highest BCUT2D eigenvalue weighted by Gasteiger charge is 2.76. The predicted octanol–water partition coefficient (Wildman–Crippen LogP) is 1.12. The van der Waals surface area contributed by atoms with Gasteiger partial charge in [-0.2, -0.15) is 0 Å². The lowest BCUT2D eigenvalue weighted by atomic mass is 9.70. The van der Waals surface area contributed by atoms with Crippen LogP contribution in [0.3, 0.4) is 0 Å². The number of halogens is 1. The van der Waals surface area contributed by atoms with Crippen molar-refractivity contribution in [1.29, 1.82) is 0 Å². The molecular weight excluding hydrogens is 548 g/mol. The van der Waals surface area contributed by atoms with Crippen LogP contribution in [0.15, 0.2) is 24.3 Å². The Morgan fingerprint density at radius 1 is 1.33 bits per heavy atom. The zero-order valence-electron chi connectivity index (χ0n) is 20.4. The standard InChI is InChI=1S/C24H31BrN6O4S/c1-4-12(2)16(10-32)31-20(22(34)27-11-30-15-8-6-5-7-14(15)28-29-30)24-9-13(25)19(36-24)17(21(33)26-3)18(24)23(31)35/h5-8,12-13,16-20,32H,4,9-11H2,1-3H3,(H,26,33)(H,27,34)/t12-,13?,16-,17-,18-,19-,20?,24?/m0/s1. The van der Waals surface area contributed by atoms with Crippen LogP contribution >= 0.6 is 27.7 Å². The summed E-state index contributed by atoms with van der Waals surface area (Å²) in [6.45, 7) is 3.82. The van der Waals surface area contributed by atoms with E-state index in [1.807, 2.05) is 38.1 Å². The van der Waals surface area contributed by atoms with E-state index in [0.717, 1.165) is 17.5 Å². The van der Waals surface area contributed by atoms with Crippen LogP contribution in [0.1, 0.15) is 26.7 Å². The third kappa shape index (κ3) is 3.66. The SMILES string of the molecule is CC[C@H](C)[C@H](CO)N1C(=O)[C@@H]2[C@H](C(=O)NC)[C@H]3SC2(CC3Br)C1C(=O)NCn1nnc2ccccc21. The van der Waals surface area contributed by atoms with Crippen molar-refractivity contribution in [2.45, 2.75) is 60.3 Å². The van der Waals surface area contributed by atoms with Gasteiger partial charge in [-0.3, -0.25) is 14.4 Å².